The molecule has 1 saturated heterocycles. The summed E-state index contributed by atoms with van der Waals surface area (Å²) in [5.74, 6) is 0.600. The molecule has 1 aliphatic rings. The van der Waals surface area contributed by atoms with Crippen LogP contribution in [0, 0.1) is 5.82 Å². The van der Waals surface area contributed by atoms with Crippen molar-refractivity contribution in [3.05, 3.63) is 36.0 Å². The third-order valence-electron chi connectivity index (χ3n) is 4.66. The van der Waals surface area contributed by atoms with Crippen LogP contribution >= 0.6 is 0 Å². The van der Waals surface area contributed by atoms with E-state index < -0.39 is 0 Å². The summed E-state index contributed by atoms with van der Waals surface area (Å²) in [7, 11) is 3.95. The molecule has 0 radical (unpaired) electrons. The number of hydrogen-bond donors (Lipinski definition) is 0. The summed E-state index contributed by atoms with van der Waals surface area (Å²) in [6, 6.07) is 6.17. The van der Waals surface area contributed by atoms with Gasteiger partial charge in [0.2, 0.25) is 17.6 Å². The Morgan fingerprint density at radius 3 is 2.88 bits per heavy atom. The fourth-order valence-corrected chi connectivity index (χ4v) is 3.12. The minimum atomic E-state index is -0.311. The van der Waals surface area contributed by atoms with Crippen LogP contribution in [0.2, 0.25) is 0 Å². The van der Waals surface area contributed by atoms with Crippen molar-refractivity contribution in [3.63, 3.8) is 0 Å². The Hall–Kier alpha value is -2.28. The lowest BCUT2D eigenvalue weighted by Crippen LogP contribution is -2.47. The van der Waals surface area contributed by atoms with Crippen molar-refractivity contribution in [1.29, 1.82) is 0 Å². The molecule has 7 heteroatoms. The predicted molar refractivity (Wildman–Crippen MR) is 91.3 cm³/mol. The standard InChI is InChI=1S/C18H23FN4O2/c1-22-11-3-4-15(12-22)23(2)17(24)10-9-16-20-18(21-25-16)13-5-7-14(19)8-6-13/h5-8,15H,3-4,9-12H2,1-2H3. The zero-order valence-electron chi connectivity index (χ0n) is 14.6. The predicted octanol–water partition coefficient (Wildman–Crippen LogP) is 2.36. The lowest BCUT2D eigenvalue weighted by Gasteiger charge is -2.35. The molecule has 1 atom stereocenters. The molecular formula is C18H23FN4O2. The number of likely N-dealkylation sites (tertiary alicyclic amines) is 1. The maximum absolute atomic E-state index is 13.0. The molecule has 1 unspecified atom stereocenters. The smallest absolute Gasteiger partial charge is 0.227 e. The van der Waals surface area contributed by atoms with Gasteiger partial charge in [-0.15, -0.1) is 0 Å². The Morgan fingerprint density at radius 2 is 2.16 bits per heavy atom. The number of halogens is 1. The van der Waals surface area contributed by atoms with E-state index in [-0.39, 0.29) is 17.8 Å². The van der Waals surface area contributed by atoms with Crippen molar-refractivity contribution >= 4 is 5.91 Å². The zero-order chi connectivity index (χ0) is 17.8. The summed E-state index contributed by atoms with van der Waals surface area (Å²) >= 11 is 0. The lowest BCUT2D eigenvalue weighted by molar-refractivity contribution is -0.132. The molecule has 1 aromatic heterocycles. The van der Waals surface area contributed by atoms with Crippen LogP contribution < -0.4 is 0 Å². The first-order valence-electron chi connectivity index (χ1n) is 8.55. The van der Waals surface area contributed by atoms with Crippen molar-refractivity contribution in [2.45, 2.75) is 31.7 Å². The first-order chi connectivity index (χ1) is 12.0. The summed E-state index contributed by atoms with van der Waals surface area (Å²) in [6.07, 6.45) is 2.90. The van der Waals surface area contributed by atoms with Crippen molar-refractivity contribution in [2.75, 3.05) is 27.2 Å². The van der Waals surface area contributed by atoms with Crippen molar-refractivity contribution in [3.8, 4) is 11.4 Å². The molecule has 2 aromatic rings. The Labute approximate surface area is 146 Å². The third kappa shape index (κ3) is 4.42. The van der Waals surface area contributed by atoms with Gasteiger partial charge in [-0.25, -0.2) is 4.39 Å². The molecule has 0 bridgehead atoms. The molecule has 1 aliphatic heterocycles. The number of aryl methyl sites for hydroxylation is 1. The molecule has 25 heavy (non-hydrogen) atoms. The Kier molecular flexibility index (Phi) is 5.43. The summed E-state index contributed by atoms with van der Waals surface area (Å²) in [5.41, 5.74) is 0.685. The van der Waals surface area contributed by atoms with Crippen LogP contribution in [0.1, 0.15) is 25.2 Å². The SMILES string of the molecule is CN1CCCC(N(C)C(=O)CCc2nc(-c3ccc(F)cc3)no2)C1. The fourth-order valence-electron chi connectivity index (χ4n) is 3.12. The largest absolute Gasteiger partial charge is 0.341 e. The number of nitrogens with zero attached hydrogens (tertiary/aromatic N) is 4. The van der Waals surface area contributed by atoms with Crippen LogP contribution in [-0.2, 0) is 11.2 Å². The maximum atomic E-state index is 13.0. The number of carbonyl (C=O) groups excluding carboxylic acids is 1. The highest BCUT2D eigenvalue weighted by molar-refractivity contribution is 5.76. The molecule has 1 fully saturated rings. The molecule has 0 saturated carbocycles. The first kappa shape index (κ1) is 17.5. The van der Waals surface area contributed by atoms with E-state index >= 15 is 0 Å². The van der Waals surface area contributed by atoms with Crippen LogP contribution in [0.5, 0.6) is 0 Å². The number of amides is 1. The van der Waals surface area contributed by atoms with Gasteiger partial charge in [-0.1, -0.05) is 5.16 Å². The monoisotopic (exact) mass is 346 g/mol. The lowest BCUT2D eigenvalue weighted by atomic mass is 10.0. The number of rotatable bonds is 5. The number of aromatic nitrogens is 2. The second-order valence-corrected chi connectivity index (χ2v) is 6.58. The van der Waals surface area contributed by atoms with Crippen molar-refractivity contribution in [1.82, 2.24) is 19.9 Å². The summed E-state index contributed by atoms with van der Waals surface area (Å²) in [6.45, 7) is 2.00. The van der Waals surface area contributed by atoms with E-state index in [9.17, 15) is 9.18 Å². The highest BCUT2D eigenvalue weighted by Gasteiger charge is 2.24. The molecule has 6 nitrogen and oxygen atoms in total. The van der Waals surface area contributed by atoms with Crippen LogP contribution in [0.4, 0.5) is 4.39 Å². The Balaban J connectivity index is 1.54. The number of piperidine rings is 1. The van der Waals surface area contributed by atoms with Gasteiger partial charge in [0, 0.05) is 38.0 Å². The van der Waals surface area contributed by atoms with Gasteiger partial charge >= 0.3 is 0 Å². The van der Waals surface area contributed by atoms with E-state index in [1.54, 1.807) is 12.1 Å². The Morgan fingerprint density at radius 1 is 1.40 bits per heavy atom. The van der Waals surface area contributed by atoms with Gasteiger partial charge in [-0.2, -0.15) is 4.98 Å². The van der Waals surface area contributed by atoms with Crippen LogP contribution in [-0.4, -0.2) is 59.1 Å². The molecule has 0 N–H and O–H groups in total. The van der Waals surface area contributed by atoms with E-state index in [1.807, 2.05) is 11.9 Å². The van der Waals surface area contributed by atoms with E-state index in [0.29, 0.717) is 30.1 Å². The molecule has 0 aliphatic carbocycles. The van der Waals surface area contributed by atoms with E-state index in [2.05, 4.69) is 22.1 Å². The van der Waals surface area contributed by atoms with Crippen LogP contribution in [0.3, 0.4) is 0 Å². The average Bonchev–Trinajstić information content (AvgIpc) is 3.08. The topological polar surface area (TPSA) is 62.5 Å². The summed E-state index contributed by atoms with van der Waals surface area (Å²) < 4.78 is 18.2. The van der Waals surface area contributed by atoms with Gasteiger partial charge < -0.3 is 14.3 Å². The number of likely N-dealkylation sites (N-methyl/N-ethyl adjacent to an activating group) is 2. The number of hydrogen-bond acceptors (Lipinski definition) is 5. The average molecular weight is 346 g/mol. The van der Waals surface area contributed by atoms with Gasteiger partial charge in [-0.3, -0.25) is 4.79 Å². The summed E-state index contributed by atoms with van der Waals surface area (Å²) in [4.78, 5) is 20.8. The minimum absolute atomic E-state index is 0.0850. The van der Waals surface area contributed by atoms with Gasteiger partial charge in [0.15, 0.2) is 0 Å². The van der Waals surface area contributed by atoms with Crippen LogP contribution in [0.15, 0.2) is 28.8 Å². The van der Waals surface area contributed by atoms with Gasteiger partial charge in [0.1, 0.15) is 5.82 Å². The molecule has 2 heterocycles. The second-order valence-electron chi connectivity index (χ2n) is 6.58. The molecule has 0 spiro atoms. The minimum Gasteiger partial charge on any atom is -0.341 e. The van der Waals surface area contributed by atoms with Gasteiger partial charge in [0.25, 0.3) is 0 Å². The van der Waals surface area contributed by atoms with Crippen LogP contribution in [0.25, 0.3) is 11.4 Å². The number of carbonyl (C=O) groups is 1. The highest BCUT2D eigenvalue weighted by atomic mass is 19.1. The van der Waals surface area contributed by atoms with Gasteiger partial charge in [0.05, 0.1) is 0 Å². The van der Waals surface area contributed by atoms with E-state index in [1.165, 1.54) is 12.1 Å². The molecule has 3 rings (SSSR count). The van der Waals surface area contributed by atoms with E-state index in [0.717, 1.165) is 25.9 Å². The van der Waals surface area contributed by atoms with Gasteiger partial charge in [-0.05, 0) is 50.7 Å². The van der Waals surface area contributed by atoms with Crippen molar-refractivity contribution < 1.29 is 13.7 Å². The maximum Gasteiger partial charge on any atom is 0.227 e. The number of benzene rings is 1. The molecule has 1 aromatic carbocycles. The quantitative estimate of drug-likeness (QED) is 0.832. The molecule has 1 amide bonds. The second kappa shape index (κ2) is 7.74. The fraction of sp³-hybridized carbons (Fsp3) is 0.500. The third-order valence-corrected chi connectivity index (χ3v) is 4.66. The normalized spacial score (nSPS) is 18.3. The van der Waals surface area contributed by atoms with Crippen molar-refractivity contribution in [2.24, 2.45) is 0 Å². The zero-order valence-corrected chi connectivity index (χ0v) is 14.6. The highest BCUT2D eigenvalue weighted by Crippen LogP contribution is 2.18. The summed E-state index contributed by atoms with van der Waals surface area (Å²) in [5, 5.41) is 3.90. The first-order valence-corrected chi connectivity index (χ1v) is 8.55. The Bertz CT molecular complexity index is 716. The van der Waals surface area contributed by atoms with E-state index in [4.69, 9.17) is 4.52 Å². The molecule has 134 valence electrons. The molecular weight excluding hydrogens is 323 g/mol.